The highest BCUT2D eigenvalue weighted by Crippen LogP contribution is 2.30. The summed E-state index contributed by atoms with van der Waals surface area (Å²) in [5, 5.41) is 14.8. The third kappa shape index (κ3) is 4.90. The van der Waals surface area contributed by atoms with Crippen LogP contribution in [0.25, 0.3) is 28.3 Å². The molecule has 0 saturated heterocycles. The lowest BCUT2D eigenvalue weighted by molar-refractivity contribution is 0.412. The predicted octanol–water partition coefficient (Wildman–Crippen LogP) is 4.93. The van der Waals surface area contributed by atoms with Crippen molar-refractivity contribution in [3.05, 3.63) is 93.8 Å². The van der Waals surface area contributed by atoms with Gasteiger partial charge in [-0.05, 0) is 47.9 Å². The Balaban J connectivity index is 1.50. The molecule has 5 aromatic rings. The molecular formula is C27H26ClN7O2. The third-order valence-electron chi connectivity index (χ3n) is 6.22. The summed E-state index contributed by atoms with van der Waals surface area (Å²) in [5.41, 5.74) is 4.78. The van der Waals surface area contributed by atoms with E-state index >= 15 is 0 Å². The number of para-hydroxylation sites is 1. The highest BCUT2D eigenvalue weighted by atomic mass is 35.5. The molecule has 0 aliphatic rings. The molecule has 0 amide bonds. The quantitative estimate of drug-likeness (QED) is 0.298. The number of hydrogen-bond donors (Lipinski definition) is 1. The molecule has 0 fully saturated rings. The second-order valence-corrected chi connectivity index (χ2v) is 8.99. The Morgan fingerprint density at radius 2 is 1.92 bits per heavy atom. The Bertz CT molecular complexity index is 1560. The van der Waals surface area contributed by atoms with Gasteiger partial charge < -0.3 is 4.74 Å². The average molecular weight is 516 g/mol. The van der Waals surface area contributed by atoms with Crippen molar-refractivity contribution in [2.75, 3.05) is 7.11 Å². The number of hydrogen-bond acceptors (Lipinski definition) is 6. The van der Waals surface area contributed by atoms with Gasteiger partial charge in [0.15, 0.2) is 0 Å². The summed E-state index contributed by atoms with van der Waals surface area (Å²) in [4.78, 5) is 18.2. The molecule has 5 rings (SSSR count). The van der Waals surface area contributed by atoms with Gasteiger partial charge in [-0.1, -0.05) is 55.3 Å². The van der Waals surface area contributed by atoms with E-state index in [1.165, 1.54) is 0 Å². The van der Waals surface area contributed by atoms with Gasteiger partial charge in [0.25, 0.3) is 0 Å². The van der Waals surface area contributed by atoms with Crippen molar-refractivity contribution in [3.63, 3.8) is 0 Å². The fourth-order valence-corrected chi connectivity index (χ4v) is 4.61. The van der Waals surface area contributed by atoms with Gasteiger partial charge in [-0.2, -0.15) is 5.21 Å². The van der Waals surface area contributed by atoms with Crippen molar-refractivity contribution >= 4 is 11.6 Å². The van der Waals surface area contributed by atoms with Gasteiger partial charge in [-0.15, -0.1) is 10.2 Å². The molecule has 37 heavy (non-hydrogen) atoms. The first-order chi connectivity index (χ1) is 18.1. The second kappa shape index (κ2) is 10.8. The van der Waals surface area contributed by atoms with Gasteiger partial charge in [0.1, 0.15) is 11.4 Å². The molecule has 0 unspecified atom stereocenters. The zero-order valence-electron chi connectivity index (χ0n) is 20.6. The van der Waals surface area contributed by atoms with E-state index < -0.39 is 0 Å². The maximum absolute atomic E-state index is 13.6. The number of H-pyrrole nitrogens is 1. The molecule has 0 atom stereocenters. The molecule has 0 radical (unpaired) electrons. The predicted molar refractivity (Wildman–Crippen MR) is 142 cm³/mol. The van der Waals surface area contributed by atoms with Crippen LogP contribution >= 0.6 is 11.6 Å². The lowest BCUT2D eigenvalue weighted by Crippen LogP contribution is -2.25. The third-order valence-corrected chi connectivity index (χ3v) is 6.53. The highest BCUT2D eigenvalue weighted by Gasteiger charge is 2.18. The zero-order valence-corrected chi connectivity index (χ0v) is 21.3. The van der Waals surface area contributed by atoms with Gasteiger partial charge in [-0.3, -0.25) is 14.1 Å². The largest absolute Gasteiger partial charge is 0.494 e. The number of unbranched alkanes of at least 4 members (excludes halogenated alkanes) is 1. The molecule has 3 aromatic heterocycles. The van der Waals surface area contributed by atoms with Crippen molar-refractivity contribution in [3.8, 4) is 34.1 Å². The highest BCUT2D eigenvalue weighted by molar-refractivity contribution is 6.32. The van der Waals surface area contributed by atoms with Gasteiger partial charge in [0, 0.05) is 29.2 Å². The molecule has 0 spiro atoms. The number of imidazole rings is 1. The molecule has 9 nitrogen and oxygen atoms in total. The molecule has 188 valence electrons. The molecule has 3 heterocycles. The normalized spacial score (nSPS) is 11.1. The van der Waals surface area contributed by atoms with E-state index in [1.54, 1.807) is 40.6 Å². The van der Waals surface area contributed by atoms with Gasteiger partial charge in [0.2, 0.25) is 5.82 Å². The minimum Gasteiger partial charge on any atom is -0.494 e. The molecule has 2 aromatic carbocycles. The number of nitrogens with zero attached hydrogens (tertiary/aromatic N) is 6. The fourth-order valence-electron chi connectivity index (χ4n) is 4.35. The van der Waals surface area contributed by atoms with Crippen LogP contribution in [0.1, 0.15) is 31.0 Å². The molecule has 0 bridgehead atoms. The summed E-state index contributed by atoms with van der Waals surface area (Å²) in [5.74, 6) is 1.03. The lowest BCUT2D eigenvalue weighted by atomic mass is 10.0. The number of benzene rings is 2. The van der Waals surface area contributed by atoms with Crippen molar-refractivity contribution in [2.45, 2.75) is 32.7 Å². The lowest BCUT2D eigenvalue weighted by Gasteiger charge is -2.10. The van der Waals surface area contributed by atoms with Crippen molar-refractivity contribution < 1.29 is 4.74 Å². The zero-order chi connectivity index (χ0) is 25.8. The Hall–Kier alpha value is -4.24. The molecule has 10 heteroatoms. The topological polar surface area (TPSA) is 104 Å². The minimum absolute atomic E-state index is 0.161. The van der Waals surface area contributed by atoms with Crippen LogP contribution in [-0.2, 0) is 13.0 Å². The van der Waals surface area contributed by atoms with Crippen LogP contribution in [0, 0.1) is 0 Å². The number of nitrogens with one attached hydrogen (secondary N) is 1. The summed E-state index contributed by atoms with van der Waals surface area (Å²) < 4.78 is 8.90. The second-order valence-electron chi connectivity index (χ2n) is 8.59. The van der Waals surface area contributed by atoms with Crippen LogP contribution in [0.3, 0.4) is 0 Å². The summed E-state index contributed by atoms with van der Waals surface area (Å²) in [7, 11) is 1.57. The minimum atomic E-state index is -0.161. The van der Waals surface area contributed by atoms with Gasteiger partial charge >= 0.3 is 5.69 Å². The van der Waals surface area contributed by atoms with E-state index in [0.29, 0.717) is 28.8 Å². The van der Waals surface area contributed by atoms with Crippen molar-refractivity contribution in [1.82, 2.24) is 34.7 Å². The van der Waals surface area contributed by atoms with E-state index in [2.05, 4.69) is 32.5 Å². The molecule has 1 N–H and O–H groups in total. The number of methoxy groups -OCH3 is 1. The van der Waals surface area contributed by atoms with Crippen LogP contribution in [0.4, 0.5) is 0 Å². The van der Waals surface area contributed by atoms with E-state index in [9.17, 15) is 4.79 Å². The maximum atomic E-state index is 13.6. The molecule has 0 aliphatic heterocycles. The van der Waals surface area contributed by atoms with Crippen molar-refractivity contribution in [2.24, 2.45) is 0 Å². The Morgan fingerprint density at radius 1 is 1.08 bits per heavy atom. The first-order valence-corrected chi connectivity index (χ1v) is 12.4. The van der Waals surface area contributed by atoms with E-state index in [-0.39, 0.29) is 5.69 Å². The maximum Gasteiger partial charge on any atom is 0.333 e. The average Bonchev–Trinajstić information content (AvgIpc) is 3.57. The van der Waals surface area contributed by atoms with E-state index in [1.807, 2.05) is 42.6 Å². The van der Waals surface area contributed by atoms with Crippen LogP contribution < -0.4 is 10.4 Å². The van der Waals surface area contributed by atoms with E-state index in [0.717, 1.165) is 47.3 Å². The Morgan fingerprint density at radius 3 is 2.65 bits per heavy atom. The molecular weight excluding hydrogens is 490 g/mol. The first kappa shape index (κ1) is 24.5. The summed E-state index contributed by atoms with van der Waals surface area (Å²) in [6.07, 6.45) is 6.39. The molecule has 0 aliphatic carbocycles. The fraction of sp³-hybridized carbons (Fsp3) is 0.222. The monoisotopic (exact) mass is 515 g/mol. The Labute approximate surface area is 218 Å². The number of halogens is 1. The van der Waals surface area contributed by atoms with E-state index in [4.69, 9.17) is 16.3 Å². The smallest absolute Gasteiger partial charge is 0.333 e. The van der Waals surface area contributed by atoms with Crippen LogP contribution in [0.2, 0.25) is 5.02 Å². The van der Waals surface area contributed by atoms with Crippen LogP contribution in [0.15, 0.2) is 71.8 Å². The molecule has 0 saturated carbocycles. The number of pyridine rings is 1. The number of ether oxygens (including phenoxy) is 1. The SMILES string of the molecule is CCCCc1cn(-c2c(Cl)cccc2OC)c(=O)n1Cc1ccc(-c2ncccc2-c2nn[nH]n2)cc1. The Kier molecular flexibility index (Phi) is 7.14. The van der Waals surface area contributed by atoms with Gasteiger partial charge in [-0.25, -0.2) is 4.79 Å². The number of aromatic amines is 1. The van der Waals surface area contributed by atoms with Gasteiger partial charge in [0.05, 0.1) is 24.4 Å². The summed E-state index contributed by atoms with van der Waals surface area (Å²) in [6.45, 7) is 2.56. The summed E-state index contributed by atoms with van der Waals surface area (Å²) in [6, 6.07) is 17.1. The number of aryl methyl sites for hydroxylation is 1. The number of tetrazole rings is 1. The van der Waals surface area contributed by atoms with Crippen LogP contribution in [0.5, 0.6) is 5.75 Å². The first-order valence-electron chi connectivity index (χ1n) is 12.0. The van der Waals surface area contributed by atoms with Crippen molar-refractivity contribution in [1.29, 1.82) is 0 Å². The number of aromatic nitrogens is 7. The number of rotatable bonds is 9. The van der Waals surface area contributed by atoms with Crippen LogP contribution in [-0.4, -0.2) is 41.9 Å². The summed E-state index contributed by atoms with van der Waals surface area (Å²) >= 11 is 6.50. The standard InChI is InChI=1S/C27H26ClN7O2/c1-3-4-7-20-17-35(25-22(28)9-5-10-23(25)37-2)27(36)34(20)16-18-11-13-19(14-12-18)24-21(8-6-15-29-24)26-30-32-33-31-26/h5-6,8-15,17H,3-4,7,16H2,1-2H3,(H,30,31,32,33).